The Bertz CT molecular complexity index is 811. The van der Waals surface area contributed by atoms with Crippen LogP contribution in [0.25, 0.3) is 0 Å². The molecule has 0 bridgehead atoms. The van der Waals surface area contributed by atoms with Crippen LogP contribution < -0.4 is 0 Å². The minimum Gasteiger partial charge on any atom is -0.450 e. The second-order valence-electron chi connectivity index (χ2n) is 10.1. The SMILES string of the molecule is CC(=O)O[C@]1(C(=O)SCF)CC[C@H]2[C@@H]3CCC4=CC(=O)CC[C@]4(C)[C@H]3[C@@H](O)C[C@@]21C. The molecule has 4 aliphatic carbocycles. The van der Waals surface area contributed by atoms with Gasteiger partial charge in [-0.2, -0.15) is 0 Å². The molecule has 3 saturated carbocycles. The molecule has 7 heteroatoms. The van der Waals surface area contributed by atoms with Crippen molar-refractivity contribution in [2.24, 2.45) is 28.6 Å². The number of rotatable bonds is 3. The van der Waals surface area contributed by atoms with E-state index in [1.165, 1.54) is 6.92 Å². The first kappa shape index (κ1) is 22.0. The predicted molar refractivity (Wildman–Crippen MR) is 111 cm³/mol. The zero-order valence-electron chi connectivity index (χ0n) is 17.9. The average molecular weight is 439 g/mol. The summed E-state index contributed by atoms with van der Waals surface area (Å²) in [5.74, 6) is -0.0894. The molecule has 7 atom stereocenters. The van der Waals surface area contributed by atoms with Crippen molar-refractivity contribution in [2.45, 2.75) is 77.4 Å². The van der Waals surface area contributed by atoms with Crippen LogP contribution in [0.2, 0.25) is 0 Å². The van der Waals surface area contributed by atoms with Crippen LogP contribution in [0.1, 0.15) is 65.7 Å². The van der Waals surface area contributed by atoms with E-state index in [0.717, 1.165) is 24.8 Å². The fourth-order valence-corrected chi connectivity index (χ4v) is 8.34. The van der Waals surface area contributed by atoms with E-state index in [4.69, 9.17) is 4.74 Å². The van der Waals surface area contributed by atoms with Crippen molar-refractivity contribution in [1.29, 1.82) is 0 Å². The van der Waals surface area contributed by atoms with Crippen molar-refractivity contribution in [1.82, 2.24) is 0 Å². The number of hydrogen-bond donors (Lipinski definition) is 1. The van der Waals surface area contributed by atoms with Crippen LogP contribution in [0.4, 0.5) is 4.39 Å². The summed E-state index contributed by atoms with van der Waals surface area (Å²) in [6, 6.07) is -0.864. The van der Waals surface area contributed by atoms with Crippen LogP contribution in [0, 0.1) is 28.6 Å². The smallest absolute Gasteiger partial charge is 0.303 e. The average Bonchev–Trinajstić information content (AvgIpc) is 2.94. The number of aliphatic hydroxyl groups is 1. The summed E-state index contributed by atoms with van der Waals surface area (Å²) in [6.07, 6.45) is 5.44. The number of allylic oxidation sites excluding steroid dienone is 1. The van der Waals surface area contributed by atoms with Crippen molar-refractivity contribution in [3.8, 4) is 0 Å². The number of esters is 1. The van der Waals surface area contributed by atoms with Crippen LogP contribution in [-0.2, 0) is 19.1 Å². The maximum Gasteiger partial charge on any atom is 0.303 e. The van der Waals surface area contributed by atoms with Crippen LogP contribution in [0.3, 0.4) is 0 Å². The van der Waals surface area contributed by atoms with E-state index in [9.17, 15) is 23.9 Å². The molecule has 0 spiro atoms. The number of carbonyl (C=O) groups excluding carboxylic acids is 3. The number of fused-ring (bicyclic) bond motifs is 5. The third kappa shape index (κ3) is 2.94. The number of carbonyl (C=O) groups is 3. The largest absolute Gasteiger partial charge is 0.450 e. The standard InChI is InChI=1S/C23H31FO5S/c1-13(25)29-23(20(28)30-12-24)9-7-17-16-5-4-14-10-15(26)6-8-21(14,2)19(16)18(27)11-22(17,23)3/h10,16-19,27H,4-9,11-12H2,1-3H3/t16-,17-,18-,19+,21-,22-,23-/m0/s1. The molecule has 1 N–H and O–H groups in total. The predicted octanol–water partition coefficient (Wildman–Crippen LogP) is 3.98. The molecule has 0 radical (unpaired) electrons. The number of ether oxygens (including phenoxy) is 1. The molecule has 0 amide bonds. The van der Waals surface area contributed by atoms with Crippen LogP contribution >= 0.6 is 11.8 Å². The van der Waals surface area contributed by atoms with Gasteiger partial charge in [0.15, 0.2) is 11.4 Å². The molecule has 0 aromatic rings. The lowest BCUT2D eigenvalue weighted by Gasteiger charge is -2.60. The van der Waals surface area contributed by atoms with Gasteiger partial charge in [-0.1, -0.05) is 19.4 Å². The lowest BCUT2D eigenvalue weighted by atomic mass is 9.45. The first-order valence-electron chi connectivity index (χ1n) is 10.9. The molecular formula is C23H31FO5S. The molecule has 0 unspecified atom stereocenters. The third-order valence-corrected chi connectivity index (χ3v) is 9.55. The maximum absolute atomic E-state index is 13.1. The Morgan fingerprint density at radius 3 is 2.67 bits per heavy atom. The van der Waals surface area contributed by atoms with Gasteiger partial charge in [0.2, 0.25) is 5.12 Å². The second-order valence-corrected chi connectivity index (χ2v) is 11.0. The Kier molecular flexibility index (Phi) is 5.45. The first-order chi connectivity index (χ1) is 14.1. The quantitative estimate of drug-likeness (QED) is 0.672. The van der Waals surface area contributed by atoms with E-state index in [1.807, 2.05) is 6.92 Å². The van der Waals surface area contributed by atoms with E-state index in [2.05, 4.69) is 6.92 Å². The Balaban J connectivity index is 1.75. The topological polar surface area (TPSA) is 80.7 Å². The van der Waals surface area contributed by atoms with Gasteiger partial charge in [-0.25, -0.2) is 4.39 Å². The first-order valence-corrected chi connectivity index (χ1v) is 11.9. The molecule has 0 saturated heterocycles. The highest BCUT2D eigenvalue weighted by molar-refractivity contribution is 8.13. The molecule has 166 valence electrons. The number of thioether (sulfide) groups is 1. The number of halogens is 1. The minimum atomic E-state index is -1.40. The number of alkyl halides is 1. The summed E-state index contributed by atoms with van der Waals surface area (Å²) < 4.78 is 18.8. The zero-order chi connectivity index (χ0) is 21.9. The van der Waals surface area contributed by atoms with Crippen molar-refractivity contribution in [3.05, 3.63) is 11.6 Å². The lowest BCUT2D eigenvalue weighted by molar-refractivity contribution is -0.195. The summed E-state index contributed by atoms with van der Waals surface area (Å²) in [7, 11) is 0. The van der Waals surface area contributed by atoms with Crippen molar-refractivity contribution >= 4 is 28.6 Å². The number of ketones is 1. The molecule has 5 nitrogen and oxygen atoms in total. The lowest BCUT2D eigenvalue weighted by Crippen LogP contribution is -2.62. The zero-order valence-corrected chi connectivity index (χ0v) is 18.7. The third-order valence-electron chi connectivity index (χ3n) is 8.85. The van der Waals surface area contributed by atoms with Gasteiger partial charge in [-0.05, 0) is 79.5 Å². The highest BCUT2D eigenvalue weighted by atomic mass is 32.2. The molecule has 0 heterocycles. The number of hydrogen-bond acceptors (Lipinski definition) is 6. The fourth-order valence-electron chi connectivity index (χ4n) is 7.63. The molecular weight excluding hydrogens is 407 g/mol. The van der Waals surface area contributed by atoms with Gasteiger partial charge >= 0.3 is 5.97 Å². The Hall–Kier alpha value is -1.21. The highest BCUT2D eigenvalue weighted by Gasteiger charge is 2.70. The van der Waals surface area contributed by atoms with E-state index < -0.39 is 34.2 Å². The van der Waals surface area contributed by atoms with Crippen molar-refractivity contribution in [3.63, 3.8) is 0 Å². The number of aliphatic hydroxyl groups excluding tert-OH is 1. The molecule has 4 aliphatic rings. The van der Waals surface area contributed by atoms with Crippen LogP contribution in [-0.4, -0.2) is 39.7 Å². The summed E-state index contributed by atoms with van der Waals surface area (Å²) in [5, 5.41) is 11.0. The highest BCUT2D eigenvalue weighted by Crippen LogP contribution is 2.68. The Morgan fingerprint density at radius 2 is 2.00 bits per heavy atom. The minimum absolute atomic E-state index is 0.0146. The van der Waals surface area contributed by atoms with Gasteiger partial charge in [0, 0.05) is 18.8 Å². The van der Waals surface area contributed by atoms with Crippen molar-refractivity contribution < 1.29 is 28.6 Å². The van der Waals surface area contributed by atoms with Gasteiger partial charge < -0.3 is 9.84 Å². The maximum atomic E-state index is 13.1. The fraction of sp³-hybridized carbons (Fsp3) is 0.783. The molecule has 0 aliphatic heterocycles. The van der Waals surface area contributed by atoms with E-state index in [-0.39, 0.29) is 29.0 Å². The Morgan fingerprint density at radius 1 is 1.27 bits per heavy atom. The van der Waals surface area contributed by atoms with Gasteiger partial charge in [-0.15, -0.1) is 0 Å². The van der Waals surface area contributed by atoms with Crippen LogP contribution in [0.15, 0.2) is 11.6 Å². The second kappa shape index (κ2) is 7.44. The normalized spacial score (nSPS) is 45.1. The van der Waals surface area contributed by atoms with Gasteiger partial charge in [0.1, 0.15) is 6.01 Å². The molecule has 30 heavy (non-hydrogen) atoms. The molecule has 4 rings (SSSR count). The molecule has 0 aromatic heterocycles. The summed E-state index contributed by atoms with van der Waals surface area (Å²) in [4.78, 5) is 37.1. The van der Waals surface area contributed by atoms with E-state index in [1.54, 1.807) is 6.08 Å². The van der Waals surface area contributed by atoms with Crippen LogP contribution in [0.5, 0.6) is 0 Å². The van der Waals surface area contributed by atoms with E-state index >= 15 is 0 Å². The molecule has 3 fully saturated rings. The van der Waals surface area contributed by atoms with Gasteiger partial charge in [-0.3, -0.25) is 14.4 Å². The Labute approximate surface area is 181 Å². The monoisotopic (exact) mass is 438 g/mol. The summed E-state index contributed by atoms with van der Waals surface area (Å²) in [5.41, 5.74) is -1.20. The van der Waals surface area contributed by atoms with Crippen molar-refractivity contribution in [2.75, 3.05) is 6.01 Å². The van der Waals surface area contributed by atoms with Gasteiger partial charge in [0.25, 0.3) is 0 Å². The molecule has 0 aromatic carbocycles. The van der Waals surface area contributed by atoms with Gasteiger partial charge in [0.05, 0.1) is 6.10 Å². The summed E-state index contributed by atoms with van der Waals surface area (Å²) in [6.45, 7) is 5.40. The summed E-state index contributed by atoms with van der Waals surface area (Å²) >= 11 is 0.561. The van der Waals surface area contributed by atoms with E-state index in [0.29, 0.717) is 37.4 Å².